The molecule has 3 rings (SSSR count). The Bertz CT molecular complexity index is 744. The van der Waals surface area contributed by atoms with Crippen LogP contribution in [0.1, 0.15) is 12.5 Å². The molecule has 2 aliphatic rings. The van der Waals surface area contributed by atoms with Gasteiger partial charge in [0.05, 0.1) is 5.25 Å². The van der Waals surface area contributed by atoms with E-state index in [9.17, 15) is 13.2 Å². The molecule has 0 bridgehead atoms. The van der Waals surface area contributed by atoms with Gasteiger partial charge in [0.15, 0.2) is 0 Å². The van der Waals surface area contributed by atoms with E-state index in [1.807, 2.05) is 32.2 Å². The fourth-order valence-electron chi connectivity index (χ4n) is 3.45. The molecule has 1 unspecified atom stereocenters. The lowest BCUT2D eigenvalue weighted by Crippen LogP contribution is -2.57. The van der Waals surface area contributed by atoms with Gasteiger partial charge in [-0.05, 0) is 19.5 Å². The summed E-state index contributed by atoms with van der Waals surface area (Å²) in [6, 6.07) is 10.1. The van der Waals surface area contributed by atoms with Crippen molar-refractivity contribution in [3.05, 3.63) is 35.9 Å². The fourth-order valence-corrected chi connectivity index (χ4v) is 5.95. The maximum absolute atomic E-state index is 12.8. The summed E-state index contributed by atoms with van der Waals surface area (Å²) in [5.74, 6) is 0.892. The number of piperazine rings is 2. The third kappa shape index (κ3) is 5.27. The lowest BCUT2D eigenvalue weighted by Gasteiger charge is -2.39. The van der Waals surface area contributed by atoms with Crippen molar-refractivity contribution in [2.75, 3.05) is 59.4 Å². The smallest absolute Gasteiger partial charge is 0.282 e. The molecule has 2 fully saturated rings. The van der Waals surface area contributed by atoms with Crippen LogP contribution in [-0.2, 0) is 20.8 Å². The van der Waals surface area contributed by atoms with E-state index in [2.05, 4.69) is 17.0 Å². The first-order chi connectivity index (χ1) is 13.4. The molecule has 0 spiro atoms. The Kier molecular flexibility index (Phi) is 7.38. The lowest BCUT2D eigenvalue weighted by atomic mass is 10.2. The van der Waals surface area contributed by atoms with Crippen LogP contribution in [0.2, 0.25) is 0 Å². The monoisotopic (exact) mass is 426 g/mol. The standard InChI is InChI=1S/C19H30N4O3S2/c1-17(27-16-18-6-4-3-5-7-18)19(24)21-10-14-23(15-11-21)28(25,26)22-12-8-20(2)9-13-22/h3-7,17H,8-16H2,1-2H3. The Morgan fingerprint density at radius 1 is 0.964 bits per heavy atom. The molecule has 2 saturated heterocycles. The molecule has 0 radical (unpaired) electrons. The highest BCUT2D eigenvalue weighted by atomic mass is 32.2. The van der Waals surface area contributed by atoms with E-state index in [1.54, 1.807) is 21.0 Å². The molecule has 1 aromatic rings. The zero-order valence-corrected chi connectivity index (χ0v) is 18.3. The van der Waals surface area contributed by atoms with Crippen molar-refractivity contribution in [2.45, 2.75) is 17.9 Å². The normalized spacial score (nSPS) is 21.6. The lowest BCUT2D eigenvalue weighted by molar-refractivity contribution is -0.131. The number of amides is 1. The van der Waals surface area contributed by atoms with Crippen molar-refractivity contribution in [3.8, 4) is 0 Å². The van der Waals surface area contributed by atoms with Gasteiger partial charge in [-0.1, -0.05) is 30.3 Å². The van der Waals surface area contributed by atoms with Crippen LogP contribution in [0.25, 0.3) is 0 Å². The highest BCUT2D eigenvalue weighted by Gasteiger charge is 2.35. The third-order valence-electron chi connectivity index (χ3n) is 5.36. The molecule has 1 amide bonds. The first-order valence-electron chi connectivity index (χ1n) is 9.76. The van der Waals surface area contributed by atoms with E-state index < -0.39 is 10.2 Å². The van der Waals surface area contributed by atoms with Crippen LogP contribution in [-0.4, -0.2) is 97.4 Å². The molecular formula is C19H30N4O3S2. The highest BCUT2D eigenvalue weighted by Crippen LogP contribution is 2.21. The van der Waals surface area contributed by atoms with Gasteiger partial charge in [0, 0.05) is 58.1 Å². The van der Waals surface area contributed by atoms with Crippen molar-refractivity contribution in [1.29, 1.82) is 0 Å². The first kappa shape index (κ1) is 21.6. The molecule has 1 aromatic carbocycles. The molecular weight excluding hydrogens is 396 g/mol. The summed E-state index contributed by atoms with van der Waals surface area (Å²) in [5.41, 5.74) is 1.20. The molecule has 0 aliphatic carbocycles. The maximum atomic E-state index is 12.8. The van der Waals surface area contributed by atoms with E-state index in [1.165, 1.54) is 9.87 Å². The van der Waals surface area contributed by atoms with Crippen LogP contribution in [0.4, 0.5) is 0 Å². The van der Waals surface area contributed by atoms with E-state index in [0.29, 0.717) is 39.3 Å². The Morgan fingerprint density at radius 3 is 2.07 bits per heavy atom. The Balaban J connectivity index is 1.48. The minimum atomic E-state index is -3.43. The number of hydrogen-bond acceptors (Lipinski definition) is 5. The SMILES string of the molecule is CC(SCc1ccccc1)C(=O)N1CCN(S(=O)(=O)N2CCN(C)CC2)CC1. The second kappa shape index (κ2) is 9.58. The van der Waals surface area contributed by atoms with Gasteiger partial charge >= 0.3 is 0 Å². The van der Waals surface area contributed by atoms with Crippen molar-refractivity contribution >= 4 is 27.9 Å². The Labute approximate surface area is 172 Å². The molecule has 0 saturated carbocycles. The molecule has 2 aliphatic heterocycles. The second-order valence-electron chi connectivity index (χ2n) is 7.37. The Morgan fingerprint density at radius 2 is 1.50 bits per heavy atom. The van der Waals surface area contributed by atoms with E-state index in [-0.39, 0.29) is 11.2 Å². The molecule has 7 nitrogen and oxygen atoms in total. The van der Waals surface area contributed by atoms with Crippen LogP contribution in [0.15, 0.2) is 30.3 Å². The number of thioether (sulfide) groups is 1. The number of rotatable bonds is 6. The van der Waals surface area contributed by atoms with Gasteiger partial charge in [-0.25, -0.2) is 0 Å². The highest BCUT2D eigenvalue weighted by molar-refractivity contribution is 7.99. The minimum absolute atomic E-state index is 0.0950. The zero-order chi connectivity index (χ0) is 20.1. The quantitative estimate of drug-likeness (QED) is 0.678. The van der Waals surface area contributed by atoms with Gasteiger partial charge in [0.2, 0.25) is 5.91 Å². The van der Waals surface area contributed by atoms with Crippen molar-refractivity contribution in [2.24, 2.45) is 0 Å². The Hall–Kier alpha value is -1.13. The van der Waals surface area contributed by atoms with E-state index in [4.69, 9.17) is 0 Å². The number of benzene rings is 1. The summed E-state index contributed by atoms with van der Waals surface area (Å²) in [6.07, 6.45) is 0. The topological polar surface area (TPSA) is 64.2 Å². The molecule has 2 heterocycles. The predicted molar refractivity (Wildman–Crippen MR) is 113 cm³/mol. The van der Waals surface area contributed by atoms with Crippen molar-refractivity contribution in [1.82, 2.24) is 18.4 Å². The molecule has 28 heavy (non-hydrogen) atoms. The van der Waals surface area contributed by atoms with E-state index in [0.717, 1.165) is 18.8 Å². The van der Waals surface area contributed by atoms with Crippen LogP contribution in [0, 0.1) is 0 Å². The van der Waals surface area contributed by atoms with Crippen LogP contribution in [0.3, 0.4) is 0 Å². The predicted octanol–water partition coefficient (Wildman–Crippen LogP) is 0.945. The van der Waals surface area contributed by atoms with Crippen LogP contribution in [0.5, 0.6) is 0 Å². The number of nitrogens with zero attached hydrogens (tertiary/aromatic N) is 4. The molecule has 0 N–H and O–H groups in total. The van der Waals surface area contributed by atoms with Crippen LogP contribution >= 0.6 is 11.8 Å². The largest absolute Gasteiger partial charge is 0.339 e. The first-order valence-corrected chi connectivity index (χ1v) is 12.2. The summed E-state index contributed by atoms with van der Waals surface area (Å²) in [5, 5.41) is -0.138. The number of hydrogen-bond donors (Lipinski definition) is 0. The van der Waals surface area contributed by atoms with E-state index >= 15 is 0 Å². The molecule has 1 atom stereocenters. The average Bonchev–Trinajstić information content (AvgIpc) is 2.72. The summed E-state index contributed by atoms with van der Waals surface area (Å²) in [6.45, 7) is 6.18. The molecule has 9 heteroatoms. The van der Waals surface area contributed by atoms with Gasteiger partial charge in [0.25, 0.3) is 10.2 Å². The minimum Gasteiger partial charge on any atom is -0.339 e. The van der Waals surface area contributed by atoms with Gasteiger partial charge in [-0.15, -0.1) is 11.8 Å². The van der Waals surface area contributed by atoms with Gasteiger partial charge in [0.1, 0.15) is 0 Å². The number of likely N-dealkylation sites (N-methyl/N-ethyl adjacent to an activating group) is 1. The van der Waals surface area contributed by atoms with Gasteiger partial charge in [-0.3, -0.25) is 4.79 Å². The van der Waals surface area contributed by atoms with Gasteiger partial charge < -0.3 is 9.80 Å². The summed E-state index contributed by atoms with van der Waals surface area (Å²) in [4.78, 5) is 16.7. The fraction of sp³-hybridized carbons (Fsp3) is 0.632. The summed E-state index contributed by atoms with van der Waals surface area (Å²) >= 11 is 1.62. The molecule has 156 valence electrons. The van der Waals surface area contributed by atoms with Crippen molar-refractivity contribution in [3.63, 3.8) is 0 Å². The average molecular weight is 427 g/mol. The maximum Gasteiger partial charge on any atom is 0.282 e. The number of carbonyl (C=O) groups excluding carboxylic acids is 1. The van der Waals surface area contributed by atoms with Crippen LogP contribution < -0.4 is 0 Å². The van der Waals surface area contributed by atoms with Gasteiger partial charge in [-0.2, -0.15) is 17.0 Å². The molecule has 0 aromatic heterocycles. The zero-order valence-electron chi connectivity index (χ0n) is 16.7. The second-order valence-corrected chi connectivity index (χ2v) is 10.6. The summed E-state index contributed by atoms with van der Waals surface area (Å²) < 4.78 is 28.8. The van der Waals surface area contributed by atoms with Crippen molar-refractivity contribution < 1.29 is 13.2 Å². The number of carbonyl (C=O) groups is 1. The summed E-state index contributed by atoms with van der Waals surface area (Å²) in [7, 11) is -1.42. The third-order valence-corrected chi connectivity index (χ3v) is 8.59.